The number of carbonyl (C=O) groups is 2. The van der Waals surface area contributed by atoms with Crippen LogP contribution in [0.2, 0.25) is 0 Å². The van der Waals surface area contributed by atoms with E-state index in [0.717, 1.165) is 0 Å². The summed E-state index contributed by atoms with van der Waals surface area (Å²) in [4.78, 5) is 32.3. The van der Waals surface area contributed by atoms with Gasteiger partial charge in [-0.15, -0.1) is 0 Å². The number of alkyl halides is 1. The normalized spacial score (nSPS) is 9.41. The molecular formula is C10H5BrN2O4. The zero-order chi connectivity index (χ0) is 13.0. The Balaban J connectivity index is 3.66. The standard InChI is InChI=1S/C10H5BrN2O4/c11-3-9(15)7-2-1-6(4-12)8(5-14)10(7)13(16)17/h1-2,5H,3H2. The Labute approximate surface area is 104 Å². The fourth-order valence-corrected chi connectivity index (χ4v) is 1.62. The lowest BCUT2D eigenvalue weighted by molar-refractivity contribution is -0.385. The van der Waals surface area contributed by atoms with Crippen LogP contribution in [0.1, 0.15) is 26.3 Å². The van der Waals surface area contributed by atoms with Gasteiger partial charge in [0.25, 0.3) is 5.69 Å². The molecule has 7 heteroatoms. The predicted molar refractivity (Wildman–Crippen MR) is 61.3 cm³/mol. The van der Waals surface area contributed by atoms with Crippen LogP contribution in [-0.4, -0.2) is 22.3 Å². The zero-order valence-electron chi connectivity index (χ0n) is 8.34. The number of hydrogen-bond acceptors (Lipinski definition) is 5. The number of carbonyl (C=O) groups excluding carboxylic acids is 2. The van der Waals surface area contributed by atoms with Gasteiger partial charge in [-0.3, -0.25) is 19.7 Å². The van der Waals surface area contributed by atoms with Crippen LogP contribution in [0, 0.1) is 21.4 Å². The molecule has 1 aromatic carbocycles. The average Bonchev–Trinajstić information content (AvgIpc) is 2.35. The van der Waals surface area contributed by atoms with Gasteiger partial charge in [0.1, 0.15) is 11.6 Å². The summed E-state index contributed by atoms with van der Waals surface area (Å²) in [5, 5.41) is 19.5. The van der Waals surface area contributed by atoms with Gasteiger partial charge in [0.2, 0.25) is 0 Å². The second-order valence-electron chi connectivity index (χ2n) is 2.97. The Morgan fingerprint density at radius 1 is 1.59 bits per heavy atom. The van der Waals surface area contributed by atoms with Gasteiger partial charge in [-0.25, -0.2) is 0 Å². The van der Waals surface area contributed by atoms with E-state index in [-0.39, 0.29) is 28.3 Å². The second-order valence-corrected chi connectivity index (χ2v) is 3.53. The molecule has 0 aliphatic rings. The minimum atomic E-state index is -0.833. The molecule has 0 bridgehead atoms. The summed E-state index contributed by atoms with van der Waals surface area (Å²) in [6.07, 6.45) is 0.210. The van der Waals surface area contributed by atoms with Gasteiger partial charge >= 0.3 is 0 Å². The molecular weight excluding hydrogens is 292 g/mol. The third-order valence-corrected chi connectivity index (χ3v) is 2.57. The lowest BCUT2D eigenvalue weighted by atomic mass is 10.0. The van der Waals surface area contributed by atoms with Crippen LogP contribution < -0.4 is 0 Å². The smallest absolute Gasteiger partial charge is 0.292 e. The highest BCUT2D eigenvalue weighted by Crippen LogP contribution is 2.26. The van der Waals surface area contributed by atoms with Crippen molar-refractivity contribution in [1.29, 1.82) is 5.26 Å². The van der Waals surface area contributed by atoms with Gasteiger partial charge in [-0.1, -0.05) is 15.9 Å². The Morgan fingerprint density at radius 3 is 2.65 bits per heavy atom. The van der Waals surface area contributed by atoms with Crippen molar-refractivity contribution < 1.29 is 14.5 Å². The molecule has 0 radical (unpaired) electrons. The first-order valence-corrected chi connectivity index (χ1v) is 5.44. The summed E-state index contributed by atoms with van der Waals surface area (Å²) < 4.78 is 0. The summed E-state index contributed by atoms with van der Waals surface area (Å²) in [5.41, 5.74) is -1.31. The Hall–Kier alpha value is -2.07. The van der Waals surface area contributed by atoms with E-state index in [2.05, 4.69) is 15.9 Å². The topological polar surface area (TPSA) is 101 Å². The molecule has 0 aliphatic carbocycles. The Morgan fingerprint density at radius 2 is 2.24 bits per heavy atom. The largest absolute Gasteiger partial charge is 0.298 e. The molecule has 0 amide bonds. The van der Waals surface area contributed by atoms with Crippen molar-refractivity contribution >= 4 is 33.7 Å². The second kappa shape index (κ2) is 5.32. The molecule has 0 fully saturated rings. The summed E-state index contributed by atoms with van der Waals surface area (Å²) in [7, 11) is 0. The predicted octanol–water partition coefficient (Wildman–Crippen LogP) is 1.86. The van der Waals surface area contributed by atoms with Crippen LogP contribution >= 0.6 is 15.9 Å². The molecule has 0 atom stereocenters. The number of nitro groups is 1. The zero-order valence-corrected chi connectivity index (χ0v) is 9.93. The molecule has 17 heavy (non-hydrogen) atoms. The first-order valence-electron chi connectivity index (χ1n) is 4.32. The lowest BCUT2D eigenvalue weighted by Crippen LogP contribution is -2.08. The molecule has 0 aromatic heterocycles. The van der Waals surface area contributed by atoms with E-state index in [4.69, 9.17) is 5.26 Å². The Bertz CT molecular complexity index is 548. The molecule has 0 aliphatic heterocycles. The number of rotatable bonds is 4. The van der Waals surface area contributed by atoms with Crippen LogP contribution in [-0.2, 0) is 0 Å². The summed E-state index contributed by atoms with van der Waals surface area (Å²) in [6.45, 7) is 0. The van der Waals surface area contributed by atoms with Crippen molar-refractivity contribution in [1.82, 2.24) is 0 Å². The van der Waals surface area contributed by atoms with E-state index >= 15 is 0 Å². The number of nitro benzene ring substituents is 1. The van der Waals surface area contributed by atoms with Gasteiger partial charge in [0.15, 0.2) is 12.1 Å². The fourth-order valence-electron chi connectivity index (χ4n) is 1.32. The maximum Gasteiger partial charge on any atom is 0.292 e. The molecule has 0 spiro atoms. The van der Waals surface area contributed by atoms with Crippen molar-refractivity contribution in [3.8, 4) is 6.07 Å². The van der Waals surface area contributed by atoms with E-state index in [1.807, 2.05) is 0 Å². The van der Waals surface area contributed by atoms with Crippen LogP contribution in [0.5, 0.6) is 0 Å². The lowest BCUT2D eigenvalue weighted by Gasteiger charge is -2.03. The molecule has 0 heterocycles. The van der Waals surface area contributed by atoms with Crippen LogP contribution in [0.3, 0.4) is 0 Å². The Kier molecular flexibility index (Phi) is 4.06. The van der Waals surface area contributed by atoms with Crippen molar-refractivity contribution in [2.24, 2.45) is 0 Å². The van der Waals surface area contributed by atoms with Crippen molar-refractivity contribution in [3.63, 3.8) is 0 Å². The SMILES string of the molecule is N#Cc1ccc(C(=O)CBr)c([N+](=O)[O-])c1C=O. The van der Waals surface area contributed by atoms with Crippen molar-refractivity contribution in [2.45, 2.75) is 0 Å². The number of ketones is 1. The minimum absolute atomic E-state index is 0.0992. The molecule has 1 aromatic rings. The van der Waals surface area contributed by atoms with Crippen LogP contribution in [0.25, 0.3) is 0 Å². The summed E-state index contributed by atoms with van der Waals surface area (Å²) >= 11 is 2.89. The third-order valence-electron chi connectivity index (χ3n) is 2.06. The molecule has 0 N–H and O–H groups in total. The molecule has 86 valence electrons. The highest BCUT2D eigenvalue weighted by molar-refractivity contribution is 9.09. The minimum Gasteiger partial charge on any atom is -0.298 e. The van der Waals surface area contributed by atoms with Crippen molar-refractivity contribution in [2.75, 3.05) is 5.33 Å². The van der Waals surface area contributed by atoms with Gasteiger partial charge in [0, 0.05) is 0 Å². The molecule has 0 unspecified atom stereocenters. The number of halogens is 1. The quantitative estimate of drug-likeness (QED) is 0.277. The average molecular weight is 297 g/mol. The first kappa shape index (κ1) is 13.0. The third kappa shape index (κ3) is 2.37. The van der Waals surface area contributed by atoms with E-state index in [9.17, 15) is 19.7 Å². The number of nitrogens with zero attached hydrogens (tertiary/aromatic N) is 2. The molecule has 0 saturated heterocycles. The van der Waals surface area contributed by atoms with E-state index in [0.29, 0.717) is 0 Å². The molecule has 0 saturated carbocycles. The monoisotopic (exact) mass is 296 g/mol. The summed E-state index contributed by atoms with van der Waals surface area (Å²) in [6, 6.07) is 4.06. The maximum absolute atomic E-state index is 11.5. The molecule has 1 rings (SSSR count). The van der Waals surface area contributed by atoms with Gasteiger partial charge in [-0.2, -0.15) is 5.26 Å². The number of nitriles is 1. The van der Waals surface area contributed by atoms with E-state index in [1.165, 1.54) is 12.1 Å². The first-order chi connectivity index (χ1) is 8.06. The van der Waals surface area contributed by atoms with Crippen LogP contribution in [0.15, 0.2) is 12.1 Å². The van der Waals surface area contributed by atoms with Crippen molar-refractivity contribution in [3.05, 3.63) is 38.9 Å². The van der Waals surface area contributed by atoms with Gasteiger partial charge in [0.05, 0.1) is 21.4 Å². The molecule has 6 nitrogen and oxygen atoms in total. The fraction of sp³-hybridized carbons (Fsp3) is 0.100. The maximum atomic E-state index is 11.5. The highest BCUT2D eigenvalue weighted by Gasteiger charge is 2.26. The number of hydrogen-bond donors (Lipinski definition) is 0. The van der Waals surface area contributed by atoms with Gasteiger partial charge < -0.3 is 0 Å². The highest BCUT2D eigenvalue weighted by atomic mass is 79.9. The number of benzene rings is 1. The van der Waals surface area contributed by atoms with E-state index in [1.54, 1.807) is 6.07 Å². The number of aldehydes is 1. The van der Waals surface area contributed by atoms with E-state index < -0.39 is 16.4 Å². The van der Waals surface area contributed by atoms with Crippen LogP contribution in [0.4, 0.5) is 5.69 Å². The van der Waals surface area contributed by atoms with Gasteiger partial charge in [-0.05, 0) is 12.1 Å². The number of Topliss-reactive ketones (excluding diaryl/α,β-unsaturated/α-hetero) is 1. The summed E-state index contributed by atoms with van der Waals surface area (Å²) in [5.74, 6) is -0.524.